The van der Waals surface area contributed by atoms with Gasteiger partial charge in [-0.2, -0.15) is 4.98 Å². The lowest BCUT2D eigenvalue weighted by molar-refractivity contribution is 0.335. The fourth-order valence-electron chi connectivity index (χ4n) is 1.22. The summed E-state index contributed by atoms with van der Waals surface area (Å²) in [6, 6.07) is 0. The van der Waals surface area contributed by atoms with E-state index in [1.54, 1.807) is 12.2 Å². The molecule has 0 saturated heterocycles. The molecule has 1 heterocycles. The molecule has 0 fully saturated rings. The molecule has 0 aromatic carbocycles. The number of hydrogen-bond acceptors (Lipinski definition) is 4. The van der Waals surface area contributed by atoms with Crippen molar-refractivity contribution in [1.82, 2.24) is 10.1 Å². The molecule has 1 rings (SSSR count). The summed E-state index contributed by atoms with van der Waals surface area (Å²) in [5.41, 5.74) is 1.53. The summed E-state index contributed by atoms with van der Waals surface area (Å²) in [6.45, 7) is 9.52. The first kappa shape index (κ1) is 13.4. The Kier molecular flexibility index (Phi) is 4.84. The molecule has 0 aliphatic rings. The zero-order chi connectivity index (χ0) is 12.8. The molecule has 0 aliphatic heterocycles. The van der Waals surface area contributed by atoms with Crippen LogP contribution in [0.2, 0.25) is 0 Å². The van der Waals surface area contributed by atoms with Crippen LogP contribution in [0.5, 0.6) is 0 Å². The summed E-state index contributed by atoms with van der Waals surface area (Å²) in [5, 5.41) is 13.0. The molecule has 0 saturated carbocycles. The molecule has 1 aromatic heterocycles. The van der Waals surface area contributed by atoms with E-state index in [2.05, 4.69) is 16.7 Å². The van der Waals surface area contributed by atoms with E-state index in [4.69, 9.17) is 9.63 Å². The molecule has 0 amide bonds. The van der Waals surface area contributed by atoms with Gasteiger partial charge in [-0.3, -0.25) is 0 Å². The summed E-state index contributed by atoms with van der Waals surface area (Å²) >= 11 is 0. The van der Waals surface area contributed by atoms with E-state index in [0.717, 1.165) is 11.1 Å². The maximum Gasteiger partial charge on any atom is 0.229 e. The average molecular weight is 234 g/mol. The highest BCUT2D eigenvalue weighted by molar-refractivity contribution is 5.71. The Morgan fingerprint density at radius 2 is 2.24 bits per heavy atom. The highest BCUT2D eigenvalue weighted by Crippen LogP contribution is 2.18. The fraction of sp³-hybridized carbons (Fsp3) is 0.385. The molecule has 17 heavy (non-hydrogen) atoms. The van der Waals surface area contributed by atoms with Crippen LogP contribution in [0.25, 0.3) is 5.57 Å². The van der Waals surface area contributed by atoms with E-state index in [1.807, 2.05) is 26.8 Å². The smallest absolute Gasteiger partial charge is 0.229 e. The van der Waals surface area contributed by atoms with E-state index in [-0.39, 0.29) is 12.5 Å². The lowest BCUT2D eigenvalue weighted by Gasteiger charge is -1.98. The molecular weight excluding hydrogens is 216 g/mol. The van der Waals surface area contributed by atoms with Crippen molar-refractivity contribution in [3.8, 4) is 0 Å². The van der Waals surface area contributed by atoms with Gasteiger partial charge in [0.05, 0.1) is 6.61 Å². The van der Waals surface area contributed by atoms with Crippen molar-refractivity contribution in [2.75, 3.05) is 6.61 Å². The molecule has 1 N–H and O–H groups in total. The van der Waals surface area contributed by atoms with Crippen molar-refractivity contribution < 1.29 is 9.63 Å². The zero-order valence-corrected chi connectivity index (χ0v) is 10.5. The quantitative estimate of drug-likeness (QED) is 0.796. The number of rotatable bonds is 5. The molecule has 0 spiro atoms. The molecule has 0 atom stereocenters. The Hall–Kier alpha value is -1.68. The van der Waals surface area contributed by atoms with Crippen LogP contribution in [0.1, 0.15) is 38.4 Å². The Labute approximate surface area is 101 Å². The van der Waals surface area contributed by atoms with Crippen LogP contribution in [0.4, 0.5) is 0 Å². The molecule has 4 nitrogen and oxygen atoms in total. The minimum Gasteiger partial charge on any atom is -0.392 e. The van der Waals surface area contributed by atoms with Crippen molar-refractivity contribution in [2.45, 2.75) is 26.7 Å². The molecule has 0 unspecified atom stereocenters. The SMILES string of the molecule is C=C/C(=C\C(=C/C)CO)c1noc(C(C)C)n1. The van der Waals surface area contributed by atoms with E-state index in [0.29, 0.717) is 11.7 Å². The van der Waals surface area contributed by atoms with Gasteiger partial charge in [0, 0.05) is 11.5 Å². The van der Waals surface area contributed by atoms with Crippen molar-refractivity contribution in [2.24, 2.45) is 0 Å². The normalized spacial score (nSPS) is 13.2. The topological polar surface area (TPSA) is 59.2 Å². The molecule has 1 aromatic rings. The van der Waals surface area contributed by atoms with Gasteiger partial charge in [-0.05, 0) is 18.6 Å². The highest BCUT2D eigenvalue weighted by atomic mass is 16.5. The lowest BCUT2D eigenvalue weighted by atomic mass is 10.1. The summed E-state index contributed by atoms with van der Waals surface area (Å²) in [5.74, 6) is 1.29. The van der Waals surface area contributed by atoms with Gasteiger partial charge in [0.25, 0.3) is 0 Å². The van der Waals surface area contributed by atoms with Crippen LogP contribution < -0.4 is 0 Å². The van der Waals surface area contributed by atoms with Crippen LogP contribution in [0, 0.1) is 0 Å². The maximum atomic E-state index is 9.10. The number of allylic oxidation sites excluding steroid dienone is 3. The third-order valence-corrected chi connectivity index (χ3v) is 2.31. The summed E-state index contributed by atoms with van der Waals surface area (Å²) in [4.78, 5) is 4.28. The molecule has 0 aliphatic carbocycles. The minimum absolute atomic E-state index is 0.0251. The number of aliphatic hydroxyl groups excluding tert-OH is 1. The van der Waals surface area contributed by atoms with E-state index in [9.17, 15) is 0 Å². The van der Waals surface area contributed by atoms with Crippen LogP contribution in [-0.4, -0.2) is 21.9 Å². The first-order valence-electron chi connectivity index (χ1n) is 5.56. The van der Waals surface area contributed by atoms with Crippen molar-refractivity contribution in [1.29, 1.82) is 0 Å². The third-order valence-electron chi connectivity index (χ3n) is 2.31. The van der Waals surface area contributed by atoms with Crippen molar-refractivity contribution in [3.63, 3.8) is 0 Å². The van der Waals surface area contributed by atoms with Gasteiger partial charge in [0.2, 0.25) is 11.7 Å². The summed E-state index contributed by atoms with van der Waals surface area (Å²) < 4.78 is 5.13. The number of nitrogens with zero attached hydrogens (tertiary/aromatic N) is 2. The predicted octanol–water partition coefficient (Wildman–Crippen LogP) is 2.70. The van der Waals surface area contributed by atoms with Crippen LogP contribution in [0.15, 0.2) is 34.9 Å². The maximum absolute atomic E-state index is 9.10. The highest BCUT2D eigenvalue weighted by Gasteiger charge is 2.11. The first-order chi connectivity index (χ1) is 8.12. The Bertz CT molecular complexity index is 442. The summed E-state index contributed by atoms with van der Waals surface area (Å²) in [6.07, 6.45) is 5.27. The van der Waals surface area contributed by atoms with Gasteiger partial charge in [0.15, 0.2) is 0 Å². The van der Waals surface area contributed by atoms with Gasteiger partial charge in [-0.25, -0.2) is 0 Å². The number of aromatic nitrogens is 2. The number of hydrogen-bond donors (Lipinski definition) is 1. The van der Waals surface area contributed by atoms with Crippen LogP contribution >= 0.6 is 0 Å². The van der Waals surface area contributed by atoms with E-state index in [1.165, 1.54) is 0 Å². The second-order valence-electron chi connectivity index (χ2n) is 3.94. The monoisotopic (exact) mass is 234 g/mol. The summed E-state index contributed by atoms with van der Waals surface area (Å²) in [7, 11) is 0. The molecule has 4 heteroatoms. The van der Waals surface area contributed by atoms with Gasteiger partial charge in [-0.1, -0.05) is 37.7 Å². The van der Waals surface area contributed by atoms with E-state index >= 15 is 0 Å². The van der Waals surface area contributed by atoms with Gasteiger partial charge in [-0.15, -0.1) is 0 Å². The molecule has 0 radical (unpaired) electrons. The Balaban J connectivity index is 3.05. The Morgan fingerprint density at radius 1 is 1.53 bits per heavy atom. The number of aliphatic hydroxyl groups is 1. The fourth-order valence-corrected chi connectivity index (χ4v) is 1.22. The van der Waals surface area contributed by atoms with Crippen LogP contribution in [-0.2, 0) is 0 Å². The lowest BCUT2D eigenvalue weighted by Crippen LogP contribution is -1.91. The van der Waals surface area contributed by atoms with Gasteiger partial charge >= 0.3 is 0 Å². The average Bonchev–Trinajstić information content (AvgIpc) is 2.80. The van der Waals surface area contributed by atoms with E-state index < -0.39 is 0 Å². The van der Waals surface area contributed by atoms with Crippen molar-refractivity contribution in [3.05, 3.63) is 42.1 Å². The van der Waals surface area contributed by atoms with Crippen molar-refractivity contribution >= 4 is 5.57 Å². The Morgan fingerprint density at radius 3 is 2.65 bits per heavy atom. The molecular formula is C13H18N2O2. The minimum atomic E-state index is -0.0251. The second-order valence-corrected chi connectivity index (χ2v) is 3.94. The third kappa shape index (κ3) is 3.39. The largest absolute Gasteiger partial charge is 0.392 e. The van der Waals surface area contributed by atoms with Gasteiger partial charge in [0.1, 0.15) is 0 Å². The first-order valence-corrected chi connectivity index (χ1v) is 5.56. The molecule has 0 bridgehead atoms. The van der Waals surface area contributed by atoms with Gasteiger partial charge < -0.3 is 9.63 Å². The molecule has 92 valence electrons. The van der Waals surface area contributed by atoms with Crippen LogP contribution in [0.3, 0.4) is 0 Å². The zero-order valence-electron chi connectivity index (χ0n) is 10.5. The standard InChI is InChI=1S/C13H18N2O2/c1-5-10(8-16)7-11(6-2)12-14-13(9(3)4)17-15-12/h5-7,9,16H,2,8H2,1,3-4H3/b10-5+,11-7+. The predicted molar refractivity (Wildman–Crippen MR) is 67.4 cm³/mol. The second kappa shape index (κ2) is 6.15.